The van der Waals surface area contributed by atoms with Crippen LogP contribution < -0.4 is 0 Å². The molecule has 0 radical (unpaired) electrons. The number of carbonyl (C=O) groups is 1. The maximum Gasteiger partial charge on any atom is 0.312 e. The van der Waals surface area contributed by atoms with E-state index in [1.54, 1.807) is 0 Å². The molecule has 2 N–H and O–H groups in total. The molecule has 1 aromatic heterocycles. The molecular formula is C12H11NO4. The van der Waals surface area contributed by atoms with Gasteiger partial charge < -0.3 is 14.7 Å². The zero-order chi connectivity index (χ0) is 12.3. The summed E-state index contributed by atoms with van der Waals surface area (Å²) in [6.45, 7) is 0. The van der Waals surface area contributed by atoms with E-state index >= 15 is 0 Å². The van der Waals surface area contributed by atoms with Gasteiger partial charge in [-0.05, 0) is 6.42 Å². The van der Waals surface area contributed by atoms with E-state index in [0.29, 0.717) is 11.3 Å². The van der Waals surface area contributed by atoms with Crippen molar-refractivity contribution in [3.05, 3.63) is 35.9 Å². The van der Waals surface area contributed by atoms with Gasteiger partial charge in [-0.25, -0.2) is 0 Å². The highest BCUT2D eigenvalue weighted by atomic mass is 16.5. The quantitative estimate of drug-likeness (QED) is 0.844. The molecule has 2 aromatic rings. The molecule has 0 unspecified atom stereocenters. The van der Waals surface area contributed by atoms with E-state index < -0.39 is 5.97 Å². The number of aliphatic carboxylic acids is 1. The minimum atomic E-state index is -0.926. The van der Waals surface area contributed by atoms with Gasteiger partial charge in [-0.15, -0.1) is 0 Å². The van der Waals surface area contributed by atoms with Gasteiger partial charge in [0.25, 0.3) is 0 Å². The van der Waals surface area contributed by atoms with Gasteiger partial charge in [-0.3, -0.25) is 4.79 Å². The highest BCUT2D eigenvalue weighted by Gasteiger charge is 2.17. The van der Waals surface area contributed by atoms with Gasteiger partial charge in [-0.1, -0.05) is 35.5 Å². The third-order valence-corrected chi connectivity index (χ3v) is 2.40. The topological polar surface area (TPSA) is 83.6 Å². The highest BCUT2D eigenvalue weighted by Crippen LogP contribution is 2.30. The van der Waals surface area contributed by atoms with E-state index in [1.165, 1.54) is 0 Å². The first kappa shape index (κ1) is 11.2. The smallest absolute Gasteiger partial charge is 0.312 e. The fourth-order valence-corrected chi connectivity index (χ4v) is 1.58. The van der Waals surface area contributed by atoms with Crippen LogP contribution in [-0.2, 0) is 11.2 Å². The van der Waals surface area contributed by atoms with Crippen LogP contribution in [0.4, 0.5) is 0 Å². The molecule has 2 rings (SSSR count). The van der Waals surface area contributed by atoms with Crippen molar-refractivity contribution in [2.24, 2.45) is 0 Å². The van der Waals surface area contributed by atoms with Crippen molar-refractivity contribution in [3.8, 4) is 17.2 Å². The zero-order valence-electron chi connectivity index (χ0n) is 8.96. The first-order valence-corrected chi connectivity index (χ1v) is 5.13. The second-order valence-electron chi connectivity index (χ2n) is 3.57. The van der Waals surface area contributed by atoms with E-state index in [-0.39, 0.29) is 18.8 Å². The normalized spacial score (nSPS) is 10.4. The summed E-state index contributed by atoms with van der Waals surface area (Å²) in [5, 5.41) is 21.9. The Morgan fingerprint density at radius 3 is 2.65 bits per heavy atom. The summed E-state index contributed by atoms with van der Waals surface area (Å²) in [5.41, 5.74) is 1.71. The van der Waals surface area contributed by atoms with E-state index in [0.717, 1.165) is 5.56 Å². The van der Waals surface area contributed by atoms with Crippen LogP contribution in [0.25, 0.3) is 11.3 Å². The fourth-order valence-electron chi connectivity index (χ4n) is 1.58. The highest BCUT2D eigenvalue weighted by molar-refractivity contribution is 5.69. The lowest BCUT2D eigenvalue weighted by atomic mass is 10.0. The van der Waals surface area contributed by atoms with Crippen molar-refractivity contribution in [3.63, 3.8) is 0 Å². The number of benzene rings is 1. The van der Waals surface area contributed by atoms with Gasteiger partial charge in [0.05, 0.1) is 5.56 Å². The third kappa shape index (κ3) is 2.44. The first-order valence-electron chi connectivity index (χ1n) is 5.13. The zero-order valence-corrected chi connectivity index (χ0v) is 8.96. The number of rotatable bonds is 4. The van der Waals surface area contributed by atoms with Crippen molar-refractivity contribution < 1.29 is 19.5 Å². The van der Waals surface area contributed by atoms with Crippen molar-refractivity contribution in [2.75, 3.05) is 0 Å². The summed E-state index contributed by atoms with van der Waals surface area (Å²) in [4.78, 5) is 10.5. The van der Waals surface area contributed by atoms with E-state index in [4.69, 9.17) is 9.63 Å². The number of aromatic nitrogens is 1. The van der Waals surface area contributed by atoms with Crippen LogP contribution in [0.2, 0.25) is 0 Å². The van der Waals surface area contributed by atoms with Gasteiger partial charge in [0.15, 0.2) is 0 Å². The Bertz CT molecular complexity index is 519. The number of hydrogen-bond donors (Lipinski definition) is 2. The Morgan fingerprint density at radius 1 is 1.29 bits per heavy atom. The Labute approximate surface area is 97.3 Å². The van der Waals surface area contributed by atoms with Crippen LogP contribution in [0, 0.1) is 0 Å². The average molecular weight is 233 g/mol. The van der Waals surface area contributed by atoms with E-state index in [1.807, 2.05) is 30.3 Å². The Hall–Kier alpha value is -2.30. The molecule has 0 atom stereocenters. The second kappa shape index (κ2) is 4.69. The number of hydrogen-bond acceptors (Lipinski definition) is 4. The number of carboxylic acids is 1. The molecule has 0 aliphatic rings. The van der Waals surface area contributed by atoms with Gasteiger partial charge in [0, 0.05) is 12.0 Å². The minimum absolute atomic E-state index is 0.0748. The van der Waals surface area contributed by atoms with Crippen LogP contribution >= 0.6 is 0 Å². The number of nitrogens with zero attached hydrogens (tertiary/aromatic N) is 1. The van der Waals surface area contributed by atoms with Crippen molar-refractivity contribution in [1.29, 1.82) is 0 Å². The van der Waals surface area contributed by atoms with E-state index in [2.05, 4.69) is 5.16 Å². The summed E-state index contributed by atoms with van der Waals surface area (Å²) in [7, 11) is 0. The molecule has 5 nitrogen and oxygen atoms in total. The van der Waals surface area contributed by atoms with Crippen LogP contribution in [0.1, 0.15) is 12.0 Å². The largest absolute Gasteiger partial charge is 0.481 e. The molecule has 5 heteroatoms. The molecule has 1 heterocycles. The summed E-state index contributed by atoms with van der Waals surface area (Å²) in [6, 6.07) is 9.17. The molecular weight excluding hydrogens is 222 g/mol. The lowest BCUT2D eigenvalue weighted by Crippen LogP contribution is -1.98. The van der Waals surface area contributed by atoms with Crippen LogP contribution in [-0.4, -0.2) is 21.3 Å². The minimum Gasteiger partial charge on any atom is -0.481 e. The Balaban J connectivity index is 2.32. The lowest BCUT2D eigenvalue weighted by molar-refractivity contribution is -0.136. The monoisotopic (exact) mass is 233 g/mol. The molecule has 0 aliphatic heterocycles. The molecule has 17 heavy (non-hydrogen) atoms. The summed E-state index contributed by atoms with van der Waals surface area (Å²) < 4.78 is 4.69. The maximum absolute atomic E-state index is 10.5. The molecule has 0 amide bonds. The van der Waals surface area contributed by atoms with Crippen LogP contribution in [0.5, 0.6) is 5.95 Å². The van der Waals surface area contributed by atoms with Gasteiger partial charge in [0.2, 0.25) is 0 Å². The van der Waals surface area contributed by atoms with Crippen LogP contribution in [0.3, 0.4) is 0 Å². The van der Waals surface area contributed by atoms with Crippen molar-refractivity contribution in [1.82, 2.24) is 5.16 Å². The molecule has 0 fully saturated rings. The van der Waals surface area contributed by atoms with E-state index in [9.17, 15) is 9.90 Å². The first-order chi connectivity index (χ1) is 8.18. The molecule has 0 saturated heterocycles. The summed E-state index contributed by atoms with van der Waals surface area (Å²) in [5.74, 6) is -1.24. The van der Waals surface area contributed by atoms with Crippen LogP contribution in [0.15, 0.2) is 34.9 Å². The summed E-state index contributed by atoms with van der Waals surface area (Å²) >= 11 is 0. The van der Waals surface area contributed by atoms with Crippen molar-refractivity contribution >= 4 is 5.97 Å². The second-order valence-corrected chi connectivity index (χ2v) is 3.57. The van der Waals surface area contributed by atoms with Crippen molar-refractivity contribution in [2.45, 2.75) is 12.8 Å². The Morgan fingerprint density at radius 2 is 2.00 bits per heavy atom. The summed E-state index contributed by atoms with van der Waals surface area (Å²) in [6.07, 6.45) is 0.115. The molecule has 0 aliphatic carbocycles. The average Bonchev–Trinajstić information content (AvgIpc) is 2.69. The maximum atomic E-state index is 10.5. The lowest BCUT2D eigenvalue weighted by Gasteiger charge is -1.99. The molecule has 88 valence electrons. The Kier molecular flexibility index (Phi) is 3.09. The molecule has 1 aromatic carbocycles. The standard InChI is InChI=1S/C12H11NO4/c14-10(15)7-6-9-11(13-17-12(9)16)8-4-2-1-3-5-8/h1-5,16H,6-7H2,(H,14,15). The number of carboxylic acid groups (broad SMARTS) is 1. The SMILES string of the molecule is O=C(O)CCc1c(-c2ccccc2)noc1O. The van der Waals surface area contributed by atoms with Gasteiger partial charge >= 0.3 is 11.9 Å². The van der Waals surface area contributed by atoms with Gasteiger partial charge in [0.1, 0.15) is 5.69 Å². The molecule has 0 saturated carbocycles. The number of aromatic hydroxyl groups is 1. The molecule has 0 spiro atoms. The third-order valence-electron chi connectivity index (χ3n) is 2.40. The van der Waals surface area contributed by atoms with Gasteiger partial charge in [-0.2, -0.15) is 0 Å². The predicted octanol–water partition coefficient (Wildman–Crippen LogP) is 2.06. The fraction of sp³-hybridized carbons (Fsp3) is 0.167. The predicted molar refractivity (Wildman–Crippen MR) is 59.6 cm³/mol. The molecule has 0 bridgehead atoms.